The third-order valence-corrected chi connectivity index (χ3v) is 4.56. The van der Waals surface area contributed by atoms with E-state index in [4.69, 9.17) is 0 Å². The van der Waals surface area contributed by atoms with Gasteiger partial charge in [0.05, 0.1) is 4.92 Å². The summed E-state index contributed by atoms with van der Waals surface area (Å²) in [6.45, 7) is 4.09. The fourth-order valence-corrected chi connectivity index (χ4v) is 3.32. The molecule has 1 aromatic rings. The molecule has 0 spiro atoms. The second-order valence-corrected chi connectivity index (χ2v) is 5.77. The molecule has 1 aliphatic carbocycles. The van der Waals surface area contributed by atoms with Gasteiger partial charge in [0.2, 0.25) is 0 Å². The molecular weight excluding hydrogens is 325 g/mol. The SMILES string of the molecule is Cl.Cl.O=[N+]([O-])c1cccc([C@@H](C2CCC2)N2CCNCC2)c1. The smallest absolute Gasteiger partial charge is 0.269 e. The van der Waals surface area contributed by atoms with Gasteiger partial charge in [-0.25, -0.2) is 0 Å². The quantitative estimate of drug-likeness (QED) is 0.671. The lowest BCUT2D eigenvalue weighted by Gasteiger charge is -2.43. The lowest BCUT2D eigenvalue weighted by molar-refractivity contribution is -0.385. The second kappa shape index (κ2) is 8.67. The summed E-state index contributed by atoms with van der Waals surface area (Å²) in [6, 6.07) is 7.58. The molecule has 1 aromatic carbocycles. The Bertz CT molecular complexity index is 491. The van der Waals surface area contributed by atoms with Crippen LogP contribution in [-0.4, -0.2) is 36.0 Å². The molecule has 1 atom stereocenters. The molecule has 1 heterocycles. The first-order chi connectivity index (χ1) is 9.75. The number of halogens is 2. The molecular formula is C15H23Cl2N3O2. The van der Waals surface area contributed by atoms with Crippen molar-refractivity contribution >= 4 is 30.5 Å². The highest BCUT2D eigenvalue weighted by atomic mass is 35.5. The molecule has 1 saturated heterocycles. The average Bonchev–Trinajstić information content (AvgIpc) is 2.43. The first kappa shape index (κ1) is 19.2. The monoisotopic (exact) mass is 347 g/mol. The van der Waals surface area contributed by atoms with Crippen LogP contribution in [0.4, 0.5) is 5.69 Å². The maximum absolute atomic E-state index is 11.0. The summed E-state index contributed by atoms with van der Waals surface area (Å²) in [6.07, 6.45) is 3.79. The van der Waals surface area contributed by atoms with Gasteiger partial charge in [0.1, 0.15) is 0 Å². The molecule has 1 saturated carbocycles. The van der Waals surface area contributed by atoms with E-state index < -0.39 is 0 Å². The molecule has 0 unspecified atom stereocenters. The van der Waals surface area contributed by atoms with Crippen LogP contribution in [0.3, 0.4) is 0 Å². The Balaban J connectivity index is 0.00000121. The van der Waals surface area contributed by atoms with Crippen LogP contribution in [-0.2, 0) is 0 Å². The zero-order valence-electron chi connectivity index (χ0n) is 12.4. The van der Waals surface area contributed by atoms with Gasteiger partial charge in [-0.2, -0.15) is 0 Å². The molecule has 0 bridgehead atoms. The van der Waals surface area contributed by atoms with Gasteiger partial charge < -0.3 is 5.32 Å². The molecule has 1 aliphatic heterocycles. The molecule has 124 valence electrons. The molecule has 2 aliphatic rings. The van der Waals surface area contributed by atoms with E-state index in [1.54, 1.807) is 12.1 Å². The predicted molar refractivity (Wildman–Crippen MR) is 92.1 cm³/mol. The number of rotatable bonds is 4. The van der Waals surface area contributed by atoms with Crippen molar-refractivity contribution in [2.45, 2.75) is 25.3 Å². The van der Waals surface area contributed by atoms with Gasteiger partial charge in [0.15, 0.2) is 0 Å². The van der Waals surface area contributed by atoms with Crippen LogP contribution in [0.5, 0.6) is 0 Å². The van der Waals surface area contributed by atoms with Crippen molar-refractivity contribution < 1.29 is 4.92 Å². The Morgan fingerprint density at radius 2 is 1.91 bits per heavy atom. The van der Waals surface area contributed by atoms with Crippen molar-refractivity contribution in [2.24, 2.45) is 5.92 Å². The van der Waals surface area contributed by atoms with E-state index in [9.17, 15) is 10.1 Å². The van der Waals surface area contributed by atoms with Crippen molar-refractivity contribution in [2.75, 3.05) is 26.2 Å². The number of benzene rings is 1. The third kappa shape index (κ3) is 4.10. The highest BCUT2D eigenvalue weighted by Gasteiger charge is 2.34. The number of nitro benzene ring substituents is 1. The average molecular weight is 348 g/mol. The number of hydrogen-bond donors (Lipinski definition) is 1. The molecule has 0 amide bonds. The van der Waals surface area contributed by atoms with E-state index in [2.05, 4.69) is 16.3 Å². The minimum Gasteiger partial charge on any atom is -0.314 e. The Hall–Kier alpha value is -0.880. The number of piperazine rings is 1. The fraction of sp³-hybridized carbons (Fsp3) is 0.600. The van der Waals surface area contributed by atoms with Crippen molar-refractivity contribution in [3.8, 4) is 0 Å². The Morgan fingerprint density at radius 1 is 1.23 bits per heavy atom. The topological polar surface area (TPSA) is 58.4 Å². The maximum Gasteiger partial charge on any atom is 0.269 e. The van der Waals surface area contributed by atoms with Gasteiger partial charge in [0.25, 0.3) is 5.69 Å². The van der Waals surface area contributed by atoms with Gasteiger partial charge in [-0.15, -0.1) is 24.8 Å². The van der Waals surface area contributed by atoms with Crippen LogP contribution in [0.25, 0.3) is 0 Å². The number of non-ortho nitro benzene ring substituents is 1. The first-order valence-electron chi connectivity index (χ1n) is 7.45. The Kier molecular flexibility index (Phi) is 7.56. The molecule has 3 rings (SSSR count). The number of nitrogens with one attached hydrogen (secondary N) is 1. The summed E-state index contributed by atoms with van der Waals surface area (Å²) in [4.78, 5) is 13.2. The van der Waals surface area contributed by atoms with Crippen molar-refractivity contribution in [3.05, 3.63) is 39.9 Å². The van der Waals surface area contributed by atoms with E-state index in [1.165, 1.54) is 19.3 Å². The van der Waals surface area contributed by atoms with Gasteiger partial charge >= 0.3 is 0 Å². The zero-order chi connectivity index (χ0) is 13.9. The minimum atomic E-state index is -0.293. The van der Waals surface area contributed by atoms with Crippen LogP contribution in [0.1, 0.15) is 30.9 Å². The van der Waals surface area contributed by atoms with E-state index in [1.807, 2.05) is 6.07 Å². The number of hydrogen-bond acceptors (Lipinski definition) is 4. The summed E-state index contributed by atoms with van der Waals surface area (Å²) in [5.41, 5.74) is 1.33. The largest absolute Gasteiger partial charge is 0.314 e. The normalized spacial score (nSPS) is 20.2. The van der Waals surface area contributed by atoms with Crippen LogP contribution < -0.4 is 5.32 Å². The molecule has 22 heavy (non-hydrogen) atoms. The standard InChI is InChI=1S/C15H21N3O2.2ClH/c19-18(20)14-6-2-5-13(11-14)15(12-3-1-4-12)17-9-7-16-8-10-17;;/h2,5-6,11-12,15-16H,1,3-4,7-10H2;2*1H/t15-;;/m1../s1. The van der Waals surface area contributed by atoms with E-state index in [0.29, 0.717) is 12.0 Å². The van der Waals surface area contributed by atoms with Crippen LogP contribution in [0.2, 0.25) is 0 Å². The minimum absolute atomic E-state index is 0. The van der Waals surface area contributed by atoms with E-state index in [-0.39, 0.29) is 35.4 Å². The highest BCUT2D eigenvalue weighted by molar-refractivity contribution is 5.85. The van der Waals surface area contributed by atoms with E-state index >= 15 is 0 Å². The summed E-state index contributed by atoms with van der Waals surface area (Å²) >= 11 is 0. The molecule has 0 radical (unpaired) electrons. The number of nitro groups is 1. The summed E-state index contributed by atoms with van der Waals surface area (Å²) in [7, 11) is 0. The third-order valence-electron chi connectivity index (χ3n) is 4.56. The summed E-state index contributed by atoms with van der Waals surface area (Å²) in [5, 5.41) is 14.4. The molecule has 5 nitrogen and oxygen atoms in total. The van der Waals surface area contributed by atoms with E-state index in [0.717, 1.165) is 31.7 Å². The fourth-order valence-electron chi connectivity index (χ4n) is 3.32. The predicted octanol–water partition coefficient (Wildman–Crippen LogP) is 3.18. The van der Waals surface area contributed by atoms with Crippen molar-refractivity contribution in [1.29, 1.82) is 0 Å². The highest BCUT2D eigenvalue weighted by Crippen LogP contribution is 2.42. The van der Waals surface area contributed by atoms with Gasteiger partial charge in [-0.3, -0.25) is 15.0 Å². The van der Waals surface area contributed by atoms with Crippen molar-refractivity contribution in [1.82, 2.24) is 10.2 Å². The molecule has 7 heteroatoms. The molecule has 2 fully saturated rings. The summed E-state index contributed by atoms with van der Waals surface area (Å²) in [5.74, 6) is 0.662. The van der Waals surface area contributed by atoms with Gasteiger partial charge in [-0.1, -0.05) is 18.6 Å². The number of nitrogens with zero attached hydrogens (tertiary/aromatic N) is 2. The van der Waals surface area contributed by atoms with Crippen LogP contribution >= 0.6 is 24.8 Å². The van der Waals surface area contributed by atoms with Crippen LogP contribution in [0.15, 0.2) is 24.3 Å². The Morgan fingerprint density at radius 3 is 2.45 bits per heavy atom. The maximum atomic E-state index is 11.0. The Labute approximate surface area is 143 Å². The second-order valence-electron chi connectivity index (χ2n) is 5.77. The first-order valence-corrected chi connectivity index (χ1v) is 7.45. The molecule has 0 aromatic heterocycles. The molecule has 1 N–H and O–H groups in total. The summed E-state index contributed by atoms with van der Waals surface area (Å²) < 4.78 is 0. The van der Waals surface area contributed by atoms with Gasteiger partial charge in [0, 0.05) is 44.4 Å². The lowest BCUT2D eigenvalue weighted by Crippen LogP contribution is -2.47. The van der Waals surface area contributed by atoms with Crippen LogP contribution in [0, 0.1) is 16.0 Å². The lowest BCUT2D eigenvalue weighted by atomic mass is 9.76. The van der Waals surface area contributed by atoms with Crippen molar-refractivity contribution in [3.63, 3.8) is 0 Å². The zero-order valence-corrected chi connectivity index (χ0v) is 14.1. The van der Waals surface area contributed by atoms with Gasteiger partial charge in [-0.05, 0) is 24.3 Å².